The van der Waals surface area contributed by atoms with Crippen molar-refractivity contribution in [2.45, 2.75) is 71.4 Å². The topological polar surface area (TPSA) is 104 Å². The molecule has 2 aliphatic rings. The van der Waals surface area contributed by atoms with Gasteiger partial charge < -0.3 is 9.64 Å². The lowest BCUT2D eigenvalue weighted by atomic mass is 9.89. The minimum atomic E-state index is -3.55. The number of carbonyl (C=O) groups is 1. The fourth-order valence-electron chi connectivity index (χ4n) is 5.32. The zero-order valence-electron chi connectivity index (χ0n) is 22.5. The number of methoxy groups -OCH3 is 1. The highest BCUT2D eigenvalue weighted by atomic mass is 32.2. The van der Waals surface area contributed by atoms with Crippen LogP contribution in [0.3, 0.4) is 0 Å². The quantitative estimate of drug-likeness (QED) is 0.391. The zero-order valence-corrected chi connectivity index (χ0v) is 24.1. The molecular formula is C26H43N3O6S2. The summed E-state index contributed by atoms with van der Waals surface area (Å²) in [6.45, 7) is 4.49. The maximum absolute atomic E-state index is 13.8. The van der Waals surface area contributed by atoms with Gasteiger partial charge in [0.1, 0.15) is 5.75 Å². The van der Waals surface area contributed by atoms with Crippen molar-refractivity contribution in [3.8, 4) is 5.75 Å². The third-order valence-electron chi connectivity index (χ3n) is 7.71. The van der Waals surface area contributed by atoms with Gasteiger partial charge >= 0.3 is 0 Å². The number of hydrogen-bond acceptors (Lipinski definition) is 6. The van der Waals surface area contributed by atoms with Crippen LogP contribution in [0.4, 0.5) is 0 Å². The largest absolute Gasteiger partial charge is 0.497 e. The lowest BCUT2D eigenvalue weighted by Crippen LogP contribution is -2.52. The van der Waals surface area contributed by atoms with Gasteiger partial charge in [-0.05, 0) is 63.1 Å². The van der Waals surface area contributed by atoms with Gasteiger partial charge in [-0.15, -0.1) is 0 Å². The predicted molar refractivity (Wildman–Crippen MR) is 145 cm³/mol. The van der Waals surface area contributed by atoms with Crippen LogP contribution in [-0.4, -0.2) is 87.1 Å². The molecule has 2 fully saturated rings. The molecule has 37 heavy (non-hydrogen) atoms. The van der Waals surface area contributed by atoms with E-state index in [1.54, 1.807) is 25.9 Å². The van der Waals surface area contributed by atoms with E-state index in [9.17, 15) is 21.6 Å². The number of ether oxygens (including phenoxy) is 1. The molecule has 1 saturated heterocycles. The van der Waals surface area contributed by atoms with Crippen LogP contribution in [0.1, 0.15) is 64.4 Å². The highest BCUT2D eigenvalue weighted by molar-refractivity contribution is 7.89. The average Bonchev–Trinajstić information content (AvgIpc) is 2.92. The summed E-state index contributed by atoms with van der Waals surface area (Å²) in [5.41, 5.74) is 0.912. The van der Waals surface area contributed by atoms with Gasteiger partial charge in [-0.2, -0.15) is 4.31 Å². The molecule has 0 N–H and O–H groups in total. The van der Waals surface area contributed by atoms with E-state index < -0.39 is 20.0 Å². The molecule has 0 radical (unpaired) electrons. The summed E-state index contributed by atoms with van der Waals surface area (Å²) in [6, 6.07) is 7.31. The molecule has 210 valence electrons. The molecule has 9 nitrogen and oxygen atoms in total. The van der Waals surface area contributed by atoms with Crippen molar-refractivity contribution < 1.29 is 26.4 Å². The Labute approximate surface area is 223 Å². The monoisotopic (exact) mass is 557 g/mol. The zero-order chi connectivity index (χ0) is 27.1. The van der Waals surface area contributed by atoms with E-state index in [4.69, 9.17) is 4.74 Å². The lowest BCUT2D eigenvalue weighted by molar-refractivity contribution is -0.135. The second kappa shape index (κ2) is 13.4. The first-order chi connectivity index (χ1) is 17.6. The fourth-order valence-corrected chi connectivity index (χ4v) is 7.56. The second-order valence-corrected chi connectivity index (χ2v) is 14.6. The Morgan fingerprint density at radius 2 is 1.57 bits per heavy atom. The van der Waals surface area contributed by atoms with Crippen LogP contribution < -0.4 is 4.74 Å². The van der Waals surface area contributed by atoms with Gasteiger partial charge in [-0.25, -0.2) is 21.1 Å². The molecule has 1 saturated carbocycles. The van der Waals surface area contributed by atoms with Gasteiger partial charge in [-0.1, -0.05) is 31.4 Å². The molecule has 1 heterocycles. The van der Waals surface area contributed by atoms with Gasteiger partial charge in [0.15, 0.2) is 0 Å². The molecule has 1 aliphatic carbocycles. The standard InChI is InChI=1S/C26H43N3O6S2/c1-4-36(31,32)27-17-15-24(16-18-27)29(20-23-11-13-25(35-3)14-12-23)26(30)21-28(37(33,34)5-2)19-22-9-7-6-8-10-22/h11-14,22,24H,4-10,15-21H2,1-3H3. The average molecular weight is 558 g/mol. The van der Waals surface area contributed by atoms with Gasteiger partial charge in [0, 0.05) is 32.2 Å². The molecule has 1 aromatic rings. The molecule has 0 unspecified atom stereocenters. The summed E-state index contributed by atoms with van der Waals surface area (Å²) in [5, 5.41) is 0. The first kappa shape index (κ1) is 29.9. The molecule has 1 aromatic carbocycles. The molecule has 1 amide bonds. The van der Waals surface area contributed by atoms with Crippen LogP contribution in [0, 0.1) is 5.92 Å². The minimum Gasteiger partial charge on any atom is -0.497 e. The van der Waals surface area contributed by atoms with Crippen LogP contribution in [0.25, 0.3) is 0 Å². The van der Waals surface area contributed by atoms with E-state index >= 15 is 0 Å². The van der Waals surface area contributed by atoms with Gasteiger partial charge in [0.25, 0.3) is 0 Å². The molecule has 0 aromatic heterocycles. The summed E-state index contributed by atoms with van der Waals surface area (Å²) in [4.78, 5) is 15.5. The highest BCUT2D eigenvalue weighted by Crippen LogP contribution is 2.27. The van der Waals surface area contributed by atoms with Crippen molar-refractivity contribution in [3.05, 3.63) is 29.8 Å². The summed E-state index contributed by atoms with van der Waals surface area (Å²) in [6.07, 6.45) is 6.39. The Hall–Kier alpha value is -1.69. The number of rotatable bonds is 12. The second-order valence-electron chi connectivity index (χ2n) is 10.1. The SMILES string of the molecule is CCS(=O)(=O)N1CCC(N(Cc2ccc(OC)cc2)C(=O)CN(CC2CCCCC2)S(=O)(=O)CC)CC1. The van der Waals surface area contributed by atoms with Crippen LogP contribution in [0.15, 0.2) is 24.3 Å². The van der Waals surface area contributed by atoms with Crippen molar-refractivity contribution in [2.24, 2.45) is 5.92 Å². The van der Waals surface area contributed by atoms with E-state index in [-0.39, 0.29) is 35.9 Å². The lowest BCUT2D eigenvalue weighted by Gasteiger charge is -2.39. The number of hydrogen-bond donors (Lipinski definition) is 0. The van der Waals surface area contributed by atoms with Crippen molar-refractivity contribution in [3.63, 3.8) is 0 Å². The van der Waals surface area contributed by atoms with Crippen LogP contribution in [0.5, 0.6) is 5.75 Å². The first-order valence-electron chi connectivity index (χ1n) is 13.5. The highest BCUT2D eigenvalue weighted by Gasteiger charge is 2.34. The third kappa shape index (κ3) is 8.15. The Kier molecular flexibility index (Phi) is 10.8. The third-order valence-corrected chi connectivity index (χ3v) is 11.4. The van der Waals surface area contributed by atoms with Crippen molar-refractivity contribution in [1.82, 2.24) is 13.5 Å². The summed E-state index contributed by atoms with van der Waals surface area (Å²) in [5.74, 6) is 0.767. The van der Waals surface area contributed by atoms with Gasteiger partial charge in [0.2, 0.25) is 26.0 Å². The number of benzene rings is 1. The smallest absolute Gasteiger partial charge is 0.238 e. The van der Waals surface area contributed by atoms with E-state index in [1.165, 1.54) is 15.0 Å². The number of sulfonamides is 2. The van der Waals surface area contributed by atoms with Crippen LogP contribution >= 0.6 is 0 Å². The number of carbonyl (C=O) groups excluding carboxylic acids is 1. The number of nitrogens with zero attached hydrogens (tertiary/aromatic N) is 3. The minimum absolute atomic E-state index is 0.0429. The Bertz CT molecular complexity index is 1080. The van der Waals surface area contributed by atoms with Crippen molar-refractivity contribution >= 4 is 26.0 Å². The van der Waals surface area contributed by atoms with E-state index in [0.717, 1.165) is 31.2 Å². The summed E-state index contributed by atoms with van der Waals surface area (Å²) < 4.78 is 58.8. The van der Waals surface area contributed by atoms with Crippen LogP contribution in [0.2, 0.25) is 0 Å². The molecule has 0 bridgehead atoms. The number of amides is 1. The normalized spacial score (nSPS) is 18.7. The molecular weight excluding hydrogens is 514 g/mol. The Morgan fingerprint density at radius 3 is 2.11 bits per heavy atom. The van der Waals surface area contributed by atoms with E-state index in [2.05, 4.69) is 0 Å². The van der Waals surface area contributed by atoms with Gasteiger partial charge in [-0.3, -0.25) is 4.79 Å². The summed E-state index contributed by atoms with van der Waals surface area (Å²) in [7, 11) is -5.24. The summed E-state index contributed by atoms with van der Waals surface area (Å²) >= 11 is 0. The van der Waals surface area contributed by atoms with Crippen molar-refractivity contribution in [2.75, 3.05) is 44.8 Å². The Balaban J connectivity index is 1.80. The Morgan fingerprint density at radius 1 is 0.946 bits per heavy atom. The van der Waals surface area contributed by atoms with E-state index in [0.29, 0.717) is 44.8 Å². The van der Waals surface area contributed by atoms with E-state index in [1.807, 2.05) is 24.3 Å². The first-order valence-corrected chi connectivity index (χ1v) is 16.7. The molecule has 11 heteroatoms. The van der Waals surface area contributed by atoms with Crippen LogP contribution in [-0.2, 0) is 31.4 Å². The number of piperidine rings is 1. The molecule has 0 spiro atoms. The van der Waals surface area contributed by atoms with Crippen molar-refractivity contribution in [1.29, 1.82) is 0 Å². The maximum Gasteiger partial charge on any atom is 0.238 e. The maximum atomic E-state index is 13.8. The molecule has 1 aliphatic heterocycles. The molecule has 0 atom stereocenters. The van der Waals surface area contributed by atoms with Gasteiger partial charge in [0.05, 0.1) is 25.2 Å². The molecule has 3 rings (SSSR count). The fraction of sp³-hybridized carbons (Fsp3) is 0.731. The predicted octanol–water partition coefficient (Wildman–Crippen LogP) is 3.07.